The maximum Gasteiger partial charge on any atom is 0.416 e. The summed E-state index contributed by atoms with van der Waals surface area (Å²) in [5, 5.41) is 2.84. The third-order valence-corrected chi connectivity index (χ3v) is 6.15. The second-order valence-electron chi connectivity index (χ2n) is 7.86. The third-order valence-electron chi connectivity index (χ3n) is 4.92. The van der Waals surface area contributed by atoms with E-state index in [0.29, 0.717) is 18.2 Å². The first-order valence-corrected chi connectivity index (χ1v) is 12.1. The molecule has 0 radical (unpaired) electrons. The van der Waals surface area contributed by atoms with E-state index in [-0.39, 0.29) is 30.1 Å². The summed E-state index contributed by atoms with van der Waals surface area (Å²) in [6, 6.07) is 7.38. The molecule has 0 fully saturated rings. The number of benzene rings is 2. The first-order valence-electron chi connectivity index (χ1n) is 10.7. The molecule has 11 heteroatoms. The lowest BCUT2D eigenvalue weighted by Crippen LogP contribution is -2.43. The van der Waals surface area contributed by atoms with Crippen LogP contribution in [0.15, 0.2) is 47.4 Å². The molecular weight excluding hydrogens is 473 g/mol. The van der Waals surface area contributed by atoms with Crippen LogP contribution in [0.2, 0.25) is 0 Å². The Labute approximate surface area is 198 Å². The number of amides is 2. The fourth-order valence-corrected chi connectivity index (χ4v) is 4.02. The fraction of sp³-hybridized carbons (Fsp3) is 0.435. The Hall–Kier alpha value is -2.95. The average Bonchev–Trinajstić information content (AvgIpc) is 2.76. The largest absolute Gasteiger partial charge is 0.493 e. The Balaban J connectivity index is 2.32. The Kier molecular flexibility index (Phi) is 9.20. The van der Waals surface area contributed by atoms with Crippen LogP contribution in [0, 0.1) is 0 Å². The number of carbonyl (C=O) groups excluding carboxylic acids is 1. The van der Waals surface area contributed by atoms with Gasteiger partial charge >= 0.3 is 22.3 Å². The van der Waals surface area contributed by atoms with E-state index in [9.17, 15) is 26.4 Å². The Morgan fingerprint density at radius 1 is 1.12 bits per heavy atom. The lowest BCUT2D eigenvalue weighted by Gasteiger charge is -2.27. The van der Waals surface area contributed by atoms with Crippen LogP contribution in [0.5, 0.6) is 11.5 Å². The van der Waals surface area contributed by atoms with Gasteiger partial charge in [-0.3, -0.25) is 0 Å². The predicted octanol–water partition coefficient (Wildman–Crippen LogP) is 5.20. The van der Waals surface area contributed by atoms with Crippen LogP contribution in [0.4, 0.5) is 18.0 Å². The van der Waals surface area contributed by atoms with E-state index in [2.05, 4.69) is 5.32 Å². The quantitative estimate of drug-likeness (QED) is 0.357. The van der Waals surface area contributed by atoms with Gasteiger partial charge in [-0.2, -0.15) is 21.6 Å². The minimum atomic E-state index is -4.71. The minimum Gasteiger partial charge on any atom is -0.493 e. The maximum absolute atomic E-state index is 13.0. The zero-order valence-corrected chi connectivity index (χ0v) is 20.3. The summed E-state index contributed by atoms with van der Waals surface area (Å²) in [7, 11) is -3.29. The number of methoxy groups -OCH3 is 1. The first kappa shape index (κ1) is 27.3. The molecule has 0 aliphatic heterocycles. The van der Waals surface area contributed by atoms with Crippen LogP contribution in [-0.2, 0) is 22.8 Å². The van der Waals surface area contributed by atoms with Crippen LogP contribution < -0.4 is 14.2 Å². The number of hydrogen-bond acceptors (Lipinski definition) is 5. The number of rotatable bonds is 10. The molecule has 0 aromatic heterocycles. The number of nitrogens with zero attached hydrogens (tertiary/aromatic N) is 1. The van der Waals surface area contributed by atoms with Crippen molar-refractivity contribution in [3.05, 3.63) is 53.6 Å². The van der Waals surface area contributed by atoms with Gasteiger partial charge in [-0.25, -0.2) is 4.79 Å². The smallest absolute Gasteiger partial charge is 0.416 e. The predicted molar refractivity (Wildman–Crippen MR) is 121 cm³/mol. The van der Waals surface area contributed by atoms with Crippen LogP contribution in [0.3, 0.4) is 0 Å². The highest BCUT2D eigenvalue weighted by molar-refractivity contribution is 7.87. The molecular formula is C23H29F3N2O5S. The van der Waals surface area contributed by atoms with Gasteiger partial charge in [-0.05, 0) is 56.2 Å². The number of unbranched alkanes of at least 4 members (excludes halogenated alkanes) is 1. The maximum atomic E-state index is 13.0. The van der Waals surface area contributed by atoms with Gasteiger partial charge in [-0.15, -0.1) is 0 Å². The molecule has 1 N–H and O–H groups in total. The van der Waals surface area contributed by atoms with Gasteiger partial charge in [0.25, 0.3) is 0 Å². The monoisotopic (exact) mass is 502 g/mol. The minimum absolute atomic E-state index is 0.0720. The molecule has 2 amide bonds. The van der Waals surface area contributed by atoms with E-state index >= 15 is 0 Å². The normalized spacial score (nSPS) is 11.9. The molecule has 0 atom stereocenters. The van der Waals surface area contributed by atoms with Crippen LogP contribution in [0.1, 0.15) is 44.7 Å². The lowest BCUT2D eigenvalue weighted by molar-refractivity contribution is -0.137. The lowest BCUT2D eigenvalue weighted by atomic mass is 10.1. The Bertz CT molecular complexity index is 1090. The van der Waals surface area contributed by atoms with Crippen LogP contribution in [0.25, 0.3) is 0 Å². The number of alkyl halides is 3. The molecule has 0 unspecified atom stereocenters. The van der Waals surface area contributed by atoms with Gasteiger partial charge in [0, 0.05) is 19.1 Å². The van der Waals surface area contributed by atoms with E-state index in [1.54, 1.807) is 11.0 Å². The molecule has 2 aromatic carbocycles. The number of carbonyl (C=O) groups is 1. The number of hydrogen-bond donors (Lipinski definition) is 1. The van der Waals surface area contributed by atoms with E-state index < -0.39 is 26.8 Å². The van der Waals surface area contributed by atoms with Gasteiger partial charge < -0.3 is 19.1 Å². The van der Waals surface area contributed by atoms with Gasteiger partial charge in [0.15, 0.2) is 11.5 Å². The molecule has 0 aliphatic rings. The second-order valence-corrected chi connectivity index (χ2v) is 9.40. The molecule has 0 saturated heterocycles. The van der Waals surface area contributed by atoms with Crippen molar-refractivity contribution in [2.75, 3.05) is 13.7 Å². The van der Waals surface area contributed by atoms with Crippen LogP contribution >= 0.6 is 0 Å². The van der Waals surface area contributed by atoms with Gasteiger partial charge in [0.2, 0.25) is 0 Å². The van der Waals surface area contributed by atoms with Crippen molar-refractivity contribution >= 4 is 16.1 Å². The molecule has 7 nitrogen and oxygen atoms in total. The summed E-state index contributed by atoms with van der Waals surface area (Å²) < 4.78 is 74.8. The Morgan fingerprint density at radius 2 is 1.82 bits per heavy atom. The van der Waals surface area contributed by atoms with Gasteiger partial charge in [-0.1, -0.05) is 25.5 Å². The molecule has 0 bridgehead atoms. The highest BCUT2D eigenvalue weighted by Crippen LogP contribution is 2.34. The molecule has 2 rings (SSSR count). The number of nitrogens with one attached hydrogen (secondary N) is 1. The number of halogens is 3. The van der Waals surface area contributed by atoms with Crippen molar-refractivity contribution in [2.24, 2.45) is 0 Å². The second kappa shape index (κ2) is 11.5. The highest BCUT2D eigenvalue weighted by Gasteiger charge is 2.32. The summed E-state index contributed by atoms with van der Waals surface area (Å²) >= 11 is 0. The summed E-state index contributed by atoms with van der Waals surface area (Å²) in [5.41, 5.74) is -0.561. The number of urea groups is 1. The van der Waals surface area contributed by atoms with E-state index in [1.807, 2.05) is 20.8 Å². The van der Waals surface area contributed by atoms with E-state index in [0.717, 1.165) is 31.0 Å². The van der Waals surface area contributed by atoms with Crippen LogP contribution in [-0.4, -0.2) is 39.0 Å². The highest BCUT2D eigenvalue weighted by atomic mass is 32.2. The summed E-state index contributed by atoms with van der Waals surface area (Å²) in [4.78, 5) is 13.5. The Morgan fingerprint density at radius 3 is 2.41 bits per heavy atom. The molecule has 0 spiro atoms. The zero-order chi connectivity index (χ0) is 25.5. The van der Waals surface area contributed by atoms with E-state index in [1.165, 1.54) is 19.2 Å². The van der Waals surface area contributed by atoms with Crippen molar-refractivity contribution in [3.8, 4) is 11.5 Å². The fourth-order valence-electron chi connectivity index (χ4n) is 3.04. The topological polar surface area (TPSA) is 84.9 Å². The van der Waals surface area contributed by atoms with Crippen molar-refractivity contribution in [1.82, 2.24) is 10.2 Å². The molecule has 0 aliphatic carbocycles. The zero-order valence-electron chi connectivity index (χ0n) is 19.5. The standard InChI is InChI=1S/C23H29F3N2O5S/c1-5-6-12-27-22(29)28(16(2)3)15-17-10-11-20(32-4)21(13-17)33-34(30,31)19-9-7-8-18(14-19)23(24,25)26/h7-11,13-14,16H,5-6,12,15H2,1-4H3,(H,27,29). The molecule has 188 valence electrons. The first-order chi connectivity index (χ1) is 15.9. The molecule has 34 heavy (non-hydrogen) atoms. The van der Waals surface area contributed by atoms with E-state index in [4.69, 9.17) is 8.92 Å². The van der Waals surface area contributed by atoms with Crippen molar-refractivity contribution in [2.45, 2.75) is 57.3 Å². The van der Waals surface area contributed by atoms with Crippen molar-refractivity contribution in [3.63, 3.8) is 0 Å². The van der Waals surface area contributed by atoms with Gasteiger partial charge in [0.05, 0.1) is 12.7 Å². The SMILES string of the molecule is CCCCNC(=O)N(Cc1ccc(OC)c(OS(=O)(=O)c2cccc(C(F)(F)F)c2)c1)C(C)C. The summed E-state index contributed by atoms with van der Waals surface area (Å²) in [5.74, 6) is -0.129. The molecule has 0 saturated carbocycles. The third kappa shape index (κ3) is 7.28. The average molecular weight is 503 g/mol. The molecule has 2 aromatic rings. The van der Waals surface area contributed by atoms with Crippen molar-refractivity contribution in [1.29, 1.82) is 0 Å². The molecule has 0 heterocycles. The van der Waals surface area contributed by atoms with Gasteiger partial charge in [0.1, 0.15) is 4.90 Å². The number of ether oxygens (including phenoxy) is 1. The van der Waals surface area contributed by atoms with Crippen molar-refractivity contribution < 1.29 is 35.3 Å². The summed E-state index contributed by atoms with van der Waals surface area (Å²) in [6.07, 6.45) is -2.94. The summed E-state index contributed by atoms with van der Waals surface area (Å²) in [6.45, 7) is 6.39.